The molecule has 2 rings (SSSR count). The SMILES string of the molecule is NC(=O)C1CCCN1C(=O)N1CCOC(C(=O)O)C1. The lowest BCUT2D eigenvalue weighted by Crippen LogP contribution is -2.55. The minimum atomic E-state index is -1.09. The van der Waals surface area contributed by atoms with Crippen LogP contribution in [-0.4, -0.2) is 71.2 Å². The zero-order chi connectivity index (χ0) is 14.0. The Balaban J connectivity index is 2.02. The lowest BCUT2D eigenvalue weighted by molar-refractivity contribution is -0.154. The summed E-state index contributed by atoms with van der Waals surface area (Å²) >= 11 is 0. The summed E-state index contributed by atoms with van der Waals surface area (Å²) in [6.07, 6.45) is 0.284. The number of rotatable bonds is 2. The van der Waals surface area contributed by atoms with Gasteiger partial charge >= 0.3 is 12.0 Å². The molecular weight excluding hydrogens is 254 g/mol. The van der Waals surface area contributed by atoms with Gasteiger partial charge in [0.1, 0.15) is 6.04 Å². The van der Waals surface area contributed by atoms with E-state index in [1.54, 1.807) is 0 Å². The van der Waals surface area contributed by atoms with Gasteiger partial charge in [-0.2, -0.15) is 0 Å². The van der Waals surface area contributed by atoms with Crippen molar-refractivity contribution in [1.29, 1.82) is 0 Å². The highest BCUT2D eigenvalue weighted by molar-refractivity contribution is 5.87. The number of nitrogens with zero attached hydrogens (tertiary/aromatic N) is 2. The predicted octanol–water partition coefficient (Wildman–Crippen LogP) is -1.16. The number of amides is 3. The van der Waals surface area contributed by atoms with Gasteiger partial charge in [0, 0.05) is 13.1 Å². The van der Waals surface area contributed by atoms with E-state index in [9.17, 15) is 14.4 Å². The van der Waals surface area contributed by atoms with Crippen LogP contribution in [0.3, 0.4) is 0 Å². The number of aliphatic carboxylic acids is 1. The van der Waals surface area contributed by atoms with Crippen molar-refractivity contribution in [3.05, 3.63) is 0 Å². The molecule has 8 heteroatoms. The van der Waals surface area contributed by atoms with Gasteiger partial charge in [0.25, 0.3) is 0 Å². The quantitative estimate of drug-likeness (QED) is 0.657. The van der Waals surface area contributed by atoms with Gasteiger partial charge in [-0.15, -0.1) is 0 Å². The number of nitrogens with two attached hydrogens (primary N) is 1. The number of ether oxygens (including phenoxy) is 1. The third-order valence-corrected chi connectivity index (χ3v) is 3.44. The summed E-state index contributed by atoms with van der Waals surface area (Å²) < 4.78 is 5.05. The zero-order valence-corrected chi connectivity index (χ0v) is 10.4. The number of carbonyl (C=O) groups excluding carboxylic acids is 2. The van der Waals surface area contributed by atoms with Crippen LogP contribution >= 0.6 is 0 Å². The monoisotopic (exact) mass is 271 g/mol. The number of urea groups is 1. The molecule has 2 heterocycles. The Bertz CT molecular complexity index is 400. The number of carbonyl (C=O) groups is 3. The number of carboxylic acid groups (broad SMARTS) is 1. The molecule has 106 valence electrons. The zero-order valence-electron chi connectivity index (χ0n) is 10.4. The summed E-state index contributed by atoms with van der Waals surface area (Å²) in [5, 5.41) is 8.89. The summed E-state index contributed by atoms with van der Waals surface area (Å²) in [5.74, 6) is -1.61. The van der Waals surface area contributed by atoms with Crippen molar-refractivity contribution in [2.75, 3.05) is 26.2 Å². The van der Waals surface area contributed by atoms with Crippen LogP contribution in [0, 0.1) is 0 Å². The molecule has 2 saturated heterocycles. The minimum absolute atomic E-state index is 0.00382. The van der Waals surface area contributed by atoms with E-state index in [0.29, 0.717) is 19.5 Å². The minimum Gasteiger partial charge on any atom is -0.479 e. The fourth-order valence-electron chi connectivity index (χ4n) is 2.45. The number of morpholine rings is 1. The lowest BCUT2D eigenvalue weighted by atomic mass is 10.2. The van der Waals surface area contributed by atoms with E-state index < -0.39 is 24.0 Å². The highest BCUT2D eigenvalue weighted by atomic mass is 16.5. The van der Waals surface area contributed by atoms with Gasteiger partial charge in [-0.05, 0) is 12.8 Å². The van der Waals surface area contributed by atoms with Crippen molar-refractivity contribution in [2.45, 2.75) is 25.0 Å². The third kappa shape index (κ3) is 2.78. The number of likely N-dealkylation sites (tertiary alicyclic amines) is 1. The molecule has 2 unspecified atom stereocenters. The van der Waals surface area contributed by atoms with Crippen LogP contribution in [0.15, 0.2) is 0 Å². The molecule has 19 heavy (non-hydrogen) atoms. The van der Waals surface area contributed by atoms with Gasteiger partial charge in [-0.3, -0.25) is 4.79 Å². The van der Waals surface area contributed by atoms with Gasteiger partial charge in [0.05, 0.1) is 13.2 Å². The van der Waals surface area contributed by atoms with Gasteiger partial charge in [-0.25, -0.2) is 9.59 Å². The molecule has 2 aliphatic rings. The lowest BCUT2D eigenvalue weighted by Gasteiger charge is -2.35. The molecule has 8 nitrogen and oxygen atoms in total. The van der Waals surface area contributed by atoms with Crippen molar-refractivity contribution >= 4 is 17.9 Å². The first-order chi connectivity index (χ1) is 9.00. The molecule has 0 saturated carbocycles. The molecule has 0 aromatic rings. The van der Waals surface area contributed by atoms with Gasteiger partial charge in [0.2, 0.25) is 5.91 Å². The maximum atomic E-state index is 12.3. The molecule has 0 bridgehead atoms. The van der Waals surface area contributed by atoms with Gasteiger partial charge in [0.15, 0.2) is 6.10 Å². The van der Waals surface area contributed by atoms with E-state index in [0.717, 1.165) is 6.42 Å². The average molecular weight is 271 g/mol. The Morgan fingerprint density at radius 3 is 2.63 bits per heavy atom. The van der Waals surface area contributed by atoms with Crippen LogP contribution in [0.4, 0.5) is 4.79 Å². The van der Waals surface area contributed by atoms with Crippen molar-refractivity contribution < 1.29 is 24.2 Å². The standard InChI is InChI=1S/C11H17N3O5/c12-9(15)7-2-1-3-14(7)11(18)13-4-5-19-8(6-13)10(16)17/h7-8H,1-6H2,(H2,12,15)(H,16,17). The number of carboxylic acids is 1. The van der Waals surface area contributed by atoms with Crippen molar-refractivity contribution in [1.82, 2.24) is 9.80 Å². The summed E-state index contributed by atoms with van der Waals surface area (Å²) in [6.45, 7) is 0.972. The maximum Gasteiger partial charge on any atom is 0.334 e. The van der Waals surface area contributed by atoms with E-state index in [1.807, 2.05) is 0 Å². The summed E-state index contributed by atoms with van der Waals surface area (Å²) in [7, 11) is 0. The molecule has 2 fully saturated rings. The van der Waals surface area contributed by atoms with E-state index in [2.05, 4.69) is 0 Å². The van der Waals surface area contributed by atoms with Crippen molar-refractivity contribution in [2.24, 2.45) is 5.73 Å². The average Bonchev–Trinajstić information content (AvgIpc) is 2.87. The van der Waals surface area contributed by atoms with Crippen molar-refractivity contribution in [3.8, 4) is 0 Å². The van der Waals surface area contributed by atoms with Crippen molar-refractivity contribution in [3.63, 3.8) is 0 Å². The third-order valence-electron chi connectivity index (χ3n) is 3.44. The first-order valence-electron chi connectivity index (χ1n) is 6.20. The Morgan fingerprint density at radius 2 is 2.00 bits per heavy atom. The fraction of sp³-hybridized carbons (Fsp3) is 0.727. The molecule has 0 spiro atoms. The Morgan fingerprint density at radius 1 is 1.26 bits per heavy atom. The second-order valence-corrected chi connectivity index (χ2v) is 4.68. The summed E-state index contributed by atoms with van der Waals surface area (Å²) in [4.78, 5) is 37.2. The predicted molar refractivity (Wildman–Crippen MR) is 63.3 cm³/mol. The molecule has 2 aliphatic heterocycles. The van der Waals surface area contributed by atoms with Crippen LogP contribution in [0.1, 0.15) is 12.8 Å². The van der Waals surface area contributed by atoms with E-state index >= 15 is 0 Å². The summed E-state index contributed by atoms with van der Waals surface area (Å²) in [5.41, 5.74) is 5.26. The molecule has 3 amide bonds. The molecule has 0 aromatic carbocycles. The first kappa shape index (κ1) is 13.6. The van der Waals surface area contributed by atoms with Crippen LogP contribution in [0.2, 0.25) is 0 Å². The summed E-state index contributed by atoms with van der Waals surface area (Å²) in [6, 6.07) is -0.922. The second-order valence-electron chi connectivity index (χ2n) is 4.68. The van der Waals surface area contributed by atoms with Gasteiger partial charge < -0.3 is 25.4 Å². The number of hydrogen-bond acceptors (Lipinski definition) is 4. The topological polar surface area (TPSA) is 113 Å². The maximum absolute atomic E-state index is 12.3. The Kier molecular flexibility index (Phi) is 3.89. The van der Waals surface area contributed by atoms with Crippen LogP contribution in [-0.2, 0) is 14.3 Å². The highest BCUT2D eigenvalue weighted by Crippen LogP contribution is 2.20. The van der Waals surface area contributed by atoms with Crippen LogP contribution in [0.5, 0.6) is 0 Å². The first-order valence-corrected chi connectivity index (χ1v) is 6.20. The Hall–Kier alpha value is -1.83. The normalized spacial score (nSPS) is 27.4. The van der Waals surface area contributed by atoms with E-state index in [4.69, 9.17) is 15.6 Å². The largest absolute Gasteiger partial charge is 0.479 e. The molecule has 0 aromatic heterocycles. The highest BCUT2D eigenvalue weighted by Gasteiger charge is 2.37. The van der Waals surface area contributed by atoms with Crippen LogP contribution < -0.4 is 5.73 Å². The molecular formula is C11H17N3O5. The fourth-order valence-corrected chi connectivity index (χ4v) is 2.45. The van der Waals surface area contributed by atoms with Gasteiger partial charge in [-0.1, -0.05) is 0 Å². The molecule has 0 aliphatic carbocycles. The Labute approximate surface area is 110 Å². The number of primary amides is 1. The molecule has 2 atom stereocenters. The number of hydrogen-bond donors (Lipinski definition) is 2. The second kappa shape index (κ2) is 5.43. The molecule has 0 radical (unpaired) electrons. The molecule has 3 N–H and O–H groups in total. The smallest absolute Gasteiger partial charge is 0.334 e. The van der Waals surface area contributed by atoms with Crippen LogP contribution in [0.25, 0.3) is 0 Å². The van der Waals surface area contributed by atoms with E-state index in [-0.39, 0.29) is 19.2 Å². The van der Waals surface area contributed by atoms with E-state index in [1.165, 1.54) is 9.80 Å².